The second-order valence-corrected chi connectivity index (χ2v) is 4.31. The largest absolute Gasteiger partial charge is 0.462 e. The third-order valence-electron chi connectivity index (χ3n) is 2.84. The van der Waals surface area contributed by atoms with Crippen LogP contribution in [0.1, 0.15) is 17.3 Å². The molecular formula is C16H16N2O3. The van der Waals surface area contributed by atoms with Crippen molar-refractivity contribution in [3.05, 3.63) is 65.0 Å². The van der Waals surface area contributed by atoms with Crippen LogP contribution in [-0.4, -0.2) is 22.4 Å². The van der Waals surface area contributed by atoms with Gasteiger partial charge in [0.2, 0.25) is 0 Å². The van der Waals surface area contributed by atoms with E-state index >= 15 is 0 Å². The van der Waals surface area contributed by atoms with Crippen LogP contribution in [0.25, 0.3) is 11.3 Å². The molecule has 5 heteroatoms. The lowest BCUT2D eigenvalue weighted by atomic mass is 10.1. The number of allylic oxidation sites excluding steroid dienone is 1. The third kappa shape index (κ3) is 3.25. The van der Waals surface area contributed by atoms with Gasteiger partial charge in [0.1, 0.15) is 5.56 Å². The van der Waals surface area contributed by atoms with Crippen molar-refractivity contribution in [3.63, 3.8) is 0 Å². The molecule has 0 atom stereocenters. The van der Waals surface area contributed by atoms with Gasteiger partial charge >= 0.3 is 5.97 Å². The van der Waals surface area contributed by atoms with Gasteiger partial charge < -0.3 is 4.74 Å². The average Bonchev–Trinajstić information content (AvgIpc) is 2.50. The number of benzene rings is 1. The maximum atomic E-state index is 12.2. The number of hydrogen-bond acceptors (Lipinski definition) is 4. The van der Waals surface area contributed by atoms with Gasteiger partial charge in [0.25, 0.3) is 5.56 Å². The fourth-order valence-corrected chi connectivity index (χ4v) is 1.89. The van der Waals surface area contributed by atoms with Gasteiger partial charge in [-0.1, -0.05) is 36.4 Å². The van der Waals surface area contributed by atoms with Crippen LogP contribution in [0.2, 0.25) is 0 Å². The standard InChI is InChI=1S/C16H16N2O3/c1-3-10-18-15(19)13(16(20)21-4-2)11-14(17-18)12-8-6-5-7-9-12/h3,5-9,11H,1,4,10H2,2H3. The number of carbonyl (C=O) groups is 1. The molecule has 0 fully saturated rings. The minimum Gasteiger partial charge on any atom is -0.462 e. The van der Waals surface area contributed by atoms with Crippen LogP contribution < -0.4 is 5.56 Å². The second-order valence-electron chi connectivity index (χ2n) is 4.31. The van der Waals surface area contributed by atoms with Gasteiger partial charge in [-0.2, -0.15) is 5.10 Å². The van der Waals surface area contributed by atoms with Crippen LogP contribution in [0, 0.1) is 0 Å². The van der Waals surface area contributed by atoms with Crippen LogP contribution in [0.4, 0.5) is 0 Å². The first kappa shape index (κ1) is 14.7. The van der Waals surface area contributed by atoms with Gasteiger partial charge in [0.05, 0.1) is 18.8 Å². The van der Waals surface area contributed by atoms with Crippen molar-refractivity contribution in [2.24, 2.45) is 0 Å². The summed E-state index contributed by atoms with van der Waals surface area (Å²) in [5.74, 6) is -0.639. The normalized spacial score (nSPS) is 10.1. The van der Waals surface area contributed by atoms with Crippen molar-refractivity contribution in [1.29, 1.82) is 0 Å². The summed E-state index contributed by atoms with van der Waals surface area (Å²) in [6.07, 6.45) is 1.55. The maximum absolute atomic E-state index is 12.2. The van der Waals surface area contributed by atoms with E-state index in [1.165, 1.54) is 10.7 Å². The molecule has 0 aliphatic carbocycles. The molecular weight excluding hydrogens is 268 g/mol. The minimum atomic E-state index is -0.639. The van der Waals surface area contributed by atoms with Crippen molar-refractivity contribution in [2.45, 2.75) is 13.5 Å². The molecule has 2 aromatic rings. The summed E-state index contributed by atoms with van der Waals surface area (Å²) in [4.78, 5) is 24.1. The molecule has 108 valence electrons. The molecule has 5 nitrogen and oxygen atoms in total. The molecule has 1 heterocycles. The van der Waals surface area contributed by atoms with E-state index < -0.39 is 11.5 Å². The Morgan fingerprint density at radius 2 is 2.10 bits per heavy atom. The molecule has 0 spiro atoms. The zero-order valence-corrected chi connectivity index (χ0v) is 11.8. The summed E-state index contributed by atoms with van der Waals surface area (Å²) in [6, 6.07) is 10.8. The highest BCUT2D eigenvalue weighted by Gasteiger charge is 2.16. The highest BCUT2D eigenvalue weighted by Crippen LogP contribution is 2.16. The Labute approximate surface area is 122 Å². The molecule has 1 aromatic carbocycles. The summed E-state index contributed by atoms with van der Waals surface area (Å²) in [5.41, 5.74) is 0.863. The van der Waals surface area contributed by atoms with Crippen molar-refractivity contribution >= 4 is 5.97 Å². The highest BCUT2D eigenvalue weighted by atomic mass is 16.5. The molecule has 0 saturated heterocycles. The predicted molar refractivity (Wildman–Crippen MR) is 80.1 cm³/mol. The Bertz CT molecular complexity index is 705. The minimum absolute atomic E-state index is 0.0208. The van der Waals surface area contributed by atoms with Crippen molar-refractivity contribution in [1.82, 2.24) is 9.78 Å². The summed E-state index contributed by atoms with van der Waals surface area (Å²) in [6.45, 7) is 5.73. The van der Waals surface area contributed by atoms with Gasteiger partial charge in [-0.25, -0.2) is 9.48 Å². The van der Waals surface area contributed by atoms with Gasteiger partial charge in [-0.3, -0.25) is 4.79 Å². The van der Waals surface area contributed by atoms with Crippen molar-refractivity contribution in [3.8, 4) is 11.3 Å². The number of aromatic nitrogens is 2. The number of rotatable bonds is 5. The lowest BCUT2D eigenvalue weighted by Gasteiger charge is -2.09. The molecule has 0 radical (unpaired) electrons. The second kappa shape index (κ2) is 6.65. The summed E-state index contributed by atoms with van der Waals surface area (Å²) in [7, 11) is 0. The van der Waals surface area contributed by atoms with E-state index in [-0.39, 0.29) is 18.7 Å². The van der Waals surface area contributed by atoms with E-state index in [0.717, 1.165) is 5.56 Å². The molecule has 0 N–H and O–H groups in total. The Kier molecular flexibility index (Phi) is 4.66. The molecule has 21 heavy (non-hydrogen) atoms. The molecule has 0 bridgehead atoms. The first-order chi connectivity index (χ1) is 10.2. The first-order valence-electron chi connectivity index (χ1n) is 6.63. The molecule has 0 unspecified atom stereocenters. The fourth-order valence-electron chi connectivity index (χ4n) is 1.89. The zero-order chi connectivity index (χ0) is 15.2. The molecule has 0 saturated carbocycles. The smallest absolute Gasteiger partial charge is 0.343 e. The number of hydrogen-bond donors (Lipinski definition) is 0. The zero-order valence-electron chi connectivity index (χ0n) is 11.8. The SMILES string of the molecule is C=CCn1nc(-c2ccccc2)cc(C(=O)OCC)c1=O. The van der Waals surface area contributed by atoms with E-state index in [0.29, 0.717) is 5.69 Å². The quantitative estimate of drug-likeness (QED) is 0.624. The highest BCUT2D eigenvalue weighted by molar-refractivity contribution is 5.90. The molecule has 0 aliphatic heterocycles. The van der Waals surface area contributed by atoms with E-state index in [2.05, 4.69) is 11.7 Å². The van der Waals surface area contributed by atoms with Gasteiger partial charge in [0, 0.05) is 5.56 Å². The van der Waals surface area contributed by atoms with Crippen molar-refractivity contribution < 1.29 is 9.53 Å². The van der Waals surface area contributed by atoms with Crippen molar-refractivity contribution in [2.75, 3.05) is 6.61 Å². The number of carbonyl (C=O) groups excluding carboxylic acids is 1. The summed E-state index contributed by atoms with van der Waals surface area (Å²) in [5, 5.41) is 4.26. The third-order valence-corrected chi connectivity index (χ3v) is 2.84. The van der Waals surface area contributed by atoms with Gasteiger partial charge in [0.15, 0.2) is 0 Å². The number of nitrogens with zero attached hydrogens (tertiary/aromatic N) is 2. The molecule has 0 aliphatic rings. The molecule has 1 aromatic heterocycles. The monoisotopic (exact) mass is 284 g/mol. The Morgan fingerprint density at radius 3 is 2.71 bits per heavy atom. The van der Waals surface area contributed by atoms with E-state index in [9.17, 15) is 9.59 Å². The Balaban J connectivity index is 2.59. The van der Waals surface area contributed by atoms with Gasteiger partial charge in [-0.05, 0) is 13.0 Å². The Hall–Kier alpha value is -2.69. The van der Waals surface area contributed by atoms with Crippen LogP contribution in [0.3, 0.4) is 0 Å². The number of ether oxygens (including phenoxy) is 1. The van der Waals surface area contributed by atoms with E-state index in [1.54, 1.807) is 13.0 Å². The van der Waals surface area contributed by atoms with Crippen LogP contribution in [-0.2, 0) is 11.3 Å². The maximum Gasteiger partial charge on any atom is 0.343 e. The lowest BCUT2D eigenvalue weighted by molar-refractivity contribution is 0.0523. The van der Waals surface area contributed by atoms with Crippen LogP contribution in [0.5, 0.6) is 0 Å². The number of esters is 1. The molecule has 0 amide bonds. The molecule has 2 rings (SSSR count). The van der Waals surface area contributed by atoms with E-state index in [1.807, 2.05) is 30.3 Å². The lowest BCUT2D eigenvalue weighted by Crippen LogP contribution is -2.29. The van der Waals surface area contributed by atoms with E-state index in [4.69, 9.17) is 4.74 Å². The van der Waals surface area contributed by atoms with Crippen LogP contribution >= 0.6 is 0 Å². The Morgan fingerprint density at radius 1 is 1.38 bits per heavy atom. The van der Waals surface area contributed by atoms with Crippen LogP contribution in [0.15, 0.2) is 53.8 Å². The van der Waals surface area contributed by atoms with Gasteiger partial charge in [-0.15, -0.1) is 6.58 Å². The predicted octanol–water partition coefficient (Wildman–Crippen LogP) is 2.27. The summed E-state index contributed by atoms with van der Waals surface area (Å²) >= 11 is 0. The average molecular weight is 284 g/mol. The first-order valence-corrected chi connectivity index (χ1v) is 6.63. The summed E-state index contributed by atoms with van der Waals surface area (Å²) < 4.78 is 6.14. The fraction of sp³-hybridized carbons (Fsp3) is 0.188. The topological polar surface area (TPSA) is 61.2 Å².